The highest BCUT2D eigenvalue weighted by Crippen LogP contribution is 2.27. The van der Waals surface area contributed by atoms with Crippen LogP contribution in [0.4, 0.5) is 5.69 Å². The van der Waals surface area contributed by atoms with Crippen LogP contribution >= 0.6 is 0 Å². The molecule has 0 N–H and O–H groups in total. The van der Waals surface area contributed by atoms with Crippen molar-refractivity contribution in [3.8, 4) is 16.8 Å². The summed E-state index contributed by atoms with van der Waals surface area (Å²) in [6, 6.07) is 19.1. The fourth-order valence-electron chi connectivity index (χ4n) is 3.33. The van der Waals surface area contributed by atoms with E-state index in [4.69, 9.17) is 0 Å². The van der Waals surface area contributed by atoms with E-state index in [1.807, 2.05) is 35.6 Å². The Morgan fingerprint density at radius 2 is 1.85 bits per heavy atom. The zero-order chi connectivity index (χ0) is 18.8. The van der Waals surface area contributed by atoms with Crippen molar-refractivity contribution >= 4 is 5.69 Å². The number of hydrogen-bond acceptors (Lipinski definition) is 3. The molecule has 27 heavy (non-hydrogen) atoms. The fraction of sp³-hybridized carbons (Fsp3) is 0.182. The summed E-state index contributed by atoms with van der Waals surface area (Å²) in [7, 11) is 4.08. The zero-order valence-electron chi connectivity index (χ0n) is 15.9. The first-order valence-corrected chi connectivity index (χ1v) is 9.01. The van der Waals surface area contributed by atoms with Gasteiger partial charge >= 0.3 is 0 Å². The molecule has 0 bridgehead atoms. The van der Waals surface area contributed by atoms with Crippen LogP contribution < -0.4 is 4.90 Å². The first kappa shape index (κ1) is 17.1. The van der Waals surface area contributed by atoms with Crippen molar-refractivity contribution < 1.29 is 0 Å². The Kier molecular flexibility index (Phi) is 4.50. The van der Waals surface area contributed by atoms with Crippen LogP contribution in [0, 0.1) is 6.92 Å². The summed E-state index contributed by atoms with van der Waals surface area (Å²) in [6.07, 6.45) is 5.81. The molecule has 136 valence electrons. The molecule has 0 fully saturated rings. The molecule has 0 radical (unpaired) electrons. The minimum Gasteiger partial charge on any atom is -0.370 e. The van der Waals surface area contributed by atoms with Crippen LogP contribution in [0.15, 0.2) is 73.2 Å². The molecule has 5 nitrogen and oxygen atoms in total. The van der Waals surface area contributed by atoms with Crippen LogP contribution in [0.5, 0.6) is 0 Å². The highest BCUT2D eigenvalue weighted by atomic mass is 15.3. The largest absolute Gasteiger partial charge is 0.370 e. The SMILES string of the molecule is Cc1nn(C)cc1-c1cccc(N(C)Cc2ccc(-n3cccn3)cc2)c1. The Morgan fingerprint density at radius 3 is 2.52 bits per heavy atom. The smallest absolute Gasteiger partial charge is 0.0671 e. The highest BCUT2D eigenvalue weighted by molar-refractivity contribution is 5.69. The van der Waals surface area contributed by atoms with Crippen molar-refractivity contribution in [2.45, 2.75) is 13.5 Å². The molecule has 4 aromatic rings. The van der Waals surface area contributed by atoms with Gasteiger partial charge in [-0.25, -0.2) is 4.68 Å². The third kappa shape index (κ3) is 3.62. The number of aryl methyl sites for hydroxylation is 2. The molecule has 2 aromatic heterocycles. The number of hydrogen-bond donors (Lipinski definition) is 0. The maximum absolute atomic E-state index is 4.45. The van der Waals surface area contributed by atoms with Crippen LogP contribution in [0.3, 0.4) is 0 Å². The molecule has 0 saturated heterocycles. The third-order valence-corrected chi connectivity index (χ3v) is 4.74. The molecule has 0 amide bonds. The molecule has 0 spiro atoms. The number of aromatic nitrogens is 4. The zero-order valence-corrected chi connectivity index (χ0v) is 15.9. The second kappa shape index (κ2) is 7.11. The normalized spacial score (nSPS) is 10.9. The average molecular weight is 357 g/mol. The molecule has 0 aliphatic heterocycles. The molecular formula is C22H23N5. The molecule has 0 aliphatic rings. The molecule has 0 atom stereocenters. The average Bonchev–Trinajstić information content (AvgIpc) is 3.32. The Morgan fingerprint density at radius 1 is 1.04 bits per heavy atom. The van der Waals surface area contributed by atoms with Gasteiger partial charge in [-0.1, -0.05) is 24.3 Å². The predicted molar refractivity (Wildman–Crippen MR) is 109 cm³/mol. The second-order valence-electron chi connectivity index (χ2n) is 6.83. The van der Waals surface area contributed by atoms with Crippen molar-refractivity contribution in [2.75, 3.05) is 11.9 Å². The van der Waals surface area contributed by atoms with Crippen molar-refractivity contribution in [1.29, 1.82) is 0 Å². The molecule has 0 saturated carbocycles. The van der Waals surface area contributed by atoms with Gasteiger partial charge < -0.3 is 4.90 Å². The van der Waals surface area contributed by atoms with E-state index in [2.05, 4.69) is 76.9 Å². The van der Waals surface area contributed by atoms with Gasteiger partial charge in [0.05, 0.1) is 11.4 Å². The predicted octanol–water partition coefficient (Wildman–Crippen LogP) is 4.22. The van der Waals surface area contributed by atoms with E-state index in [9.17, 15) is 0 Å². The first-order chi connectivity index (χ1) is 13.1. The first-order valence-electron chi connectivity index (χ1n) is 9.01. The van der Waals surface area contributed by atoms with Crippen LogP contribution in [0.1, 0.15) is 11.3 Å². The van der Waals surface area contributed by atoms with Crippen molar-refractivity contribution in [1.82, 2.24) is 19.6 Å². The quantitative estimate of drug-likeness (QED) is 0.537. The Bertz CT molecular complexity index is 1030. The van der Waals surface area contributed by atoms with Gasteiger partial charge in [-0.3, -0.25) is 4.68 Å². The third-order valence-electron chi connectivity index (χ3n) is 4.74. The minimum absolute atomic E-state index is 0.842. The van der Waals surface area contributed by atoms with Gasteiger partial charge in [0.2, 0.25) is 0 Å². The summed E-state index contributed by atoms with van der Waals surface area (Å²) in [4.78, 5) is 2.26. The van der Waals surface area contributed by atoms with Gasteiger partial charge in [-0.2, -0.15) is 10.2 Å². The Labute approximate surface area is 159 Å². The molecule has 0 aliphatic carbocycles. The molecule has 4 rings (SSSR count). The lowest BCUT2D eigenvalue weighted by molar-refractivity contribution is 0.756. The van der Waals surface area contributed by atoms with Crippen molar-refractivity contribution in [3.63, 3.8) is 0 Å². The van der Waals surface area contributed by atoms with Gasteiger partial charge in [0.1, 0.15) is 0 Å². The van der Waals surface area contributed by atoms with E-state index in [1.165, 1.54) is 22.4 Å². The number of anilines is 1. The summed E-state index contributed by atoms with van der Waals surface area (Å²) >= 11 is 0. The minimum atomic E-state index is 0.842. The lowest BCUT2D eigenvalue weighted by Crippen LogP contribution is -2.16. The summed E-state index contributed by atoms with van der Waals surface area (Å²) in [5.74, 6) is 0. The lowest BCUT2D eigenvalue weighted by Gasteiger charge is -2.20. The van der Waals surface area contributed by atoms with E-state index in [0.29, 0.717) is 0 Å². The number of benzene rings is 2. The topological polar surface area (TPSA) is 38.9 Å². The van der Waals surface area contributed by atoms with Gasteiger partial charge in [-0.15, -0.1) is 0 Å². The standard InChI is InChI=1S/C22H23N5/c1-17-22(16-26(3)24-17)19-6-4-7-21(14-19)25(2)15-18-8-10-20(11-9-18)27-13-5-12-23-27/h4-14,16H,15H2,1-3H3. The monoisotopic (exact) mass is 357 g/mol. The summed E-state index contributed by atoms with van der Waals surface area (Å²) < 4.78 is 3.73. The molecule has 2 heterocycles. The summed E-state index contributed by atoms with van der Waals surface area (Å²) in [6.45, 7) is 2.89. The van der Waals surface area contributed by atoms with Crippen LogP contribution in [-0.4, -0.2) is 26.6 Å². The number of nitrogens with zero attached hydrogens (tertiary/aromatic N) is 5. The van der Waals surface area contributed by atoms with Crippen LogP contribution in [0.25, 0.3) is 16.8 Å². The molecule has 5 heteroatoms. The van der Waals surface area contributed by atoms with E-state index >= 15 is 0 Å². The lowest BCUT2D eigenvalue weighted by atomic mass is 10.1. The van der Waals surface area contributed by atoms with Gasteiger partial charge in [0.15, 0.2) is 0 Å². The van der Waals surface area contributed by atoms with Crippen LogP contribution in [-0.2, 0) is 13.6 Å². The van der Waals surface area contributed by atoms with Crippen molar-refractivity contribution in [3.05, 3.63) is 84.4 Å². The maximum atomic E-state index is 4.45. The number of rotatable bonds is 5. The second-order valence-corrected chi connectivity index (χ2v) is 6.83. The van der Waals surface area contributed by atoms with E-state index < -0.39 is 0 Å². The van der Waals surface area contributed by atoms with E-state index in [0.717, 1.165) is 17.9 Å². The Hall–Kier alpha value is -3.34. The van der Waals surface area contributed by atoms with E-state index in [-0.39, 0.29) is 0 Å². The van der Waals surface area contributed by atoms with Gasteiger partial charge in [0.25, 0.3) is 0 Å². The molecule has 0 unspecified atom stereocenters. The maximum Gasteiger partial charge on any atom is 0.0671 e. The Balaban J connectivity index is 1.52. The highest BCUT2D eigenvalue weighted by Gasteiger charge is 2.09. The van der Waals surface area contributed by atoms with Gasteiger partial charge in [-0.05, 0) is 48.4 Å². The summed E-state index contributed by atoms with van der Waals surface area (Å²) in [5, 5.41) is 8.73. The fourth-order valence-corrected chi connectivity index (χ4v) is 3.33. The van der Waals surface area contributed by atoms with Crippen LogP contribution in [0.2, 0.25) is 0 Å². The van der Waals surface area contributed by atoms with Gasteiger partial charge in [0, 0.05) is 50.5 Å². The molecule has 2 aromatic carbocycles. The molecular weight excluding hydrogens is 334 g/mol. The summed E-state index contributed by atoms with van der Waals surface area (Å²) in [5.41, 5.74) is 6.94. The van der Waals surface area contributed by atoms with E-state index in [1.54, 1.807) is 6.20 Å². The van der Waals surface area contributed by atoms with Crippen molar-refractivity contribution in [2.24, 2.45) is 7.05 Å².